The van der Waals surface area contributed by atoms with E-state index >= 15 is 0 Å². The molecule has 1 fully saturated rings. The van der Waals surface area contributed by atoms with Crippen LogP contribution in [0.2, 0.25) is 0 Å². The van der Waals surface area contributed by atoms with Crippen LogP contribution in [-0.2, 0) is 24.2 Å². The van der Waals surface area contributed by atoms with Crippen molar-refractivity contribution in [1.29, 1.82) is 0 Å². The minimum absolute atomic E-state index is 0.0177. The van der Waals surface area contributed by atoms with E-state index in [1.807, 2.05) is 42.5 Å². The molecule has 31 heavy (non-hydrogen) atoms. The summed E-state index contributed by atoms with van der Waals surface area (Å²) >= 11 is 0. The van der Waals surface area contributed by atoms with Gasteiger partial charge in [0.05, 0.1) is 0 Å². The number of carbonyl (C=O) groups excluding carboxylic acids is 2. The predicted molar refractivity (Wildman–Crippen MR) is 125 cm³/mol. The van der Waals surface area contributed by atoms with E-state index in [1.165, 1.54) is 36.3 Å². The second-order valence-electron chi connectivity index (χ2n) is 8.36. The van der Waals surface area contributed by atoms with E-state index in [0.717, 1.165) is 35.4 Å². The number of hydrogen-bond acceptors (Lipinski definition) is 2. The van der Waals surface area contributed by atoms with Crippen molar-refractivity contribution >= 4 is 28.4 Å². The molecule has 1 saturated carbocycles. The summed E-state index contributed by atoms with van der Waals surface area (Å²) in [5, 5.41) is 11.0. The van der Waals surface area contributed by atoms with Crippen LogP contribution in [0, 0.1) is 5.92 Å². The van der Waals surface area contributed by atoms with Crippen LogP contribution in [0.4, 0.5) is 10.5 Å². The topological polar surface area (TPSA) is 70.2 Å². The molecule has 1 aliphatic rings. The Labute approximate surface area is 183 Å². The van der Waals surface area contributed by atoms with Crippen molar-refractivity contribution in [2.75, 3.05) is 11.9 Å². The largest absolute Gasteiger partial charge is 0.356 e. The number of amides is 3. The zero-order chi connectivity index (χ0) is 21.6. The Bertz CT molecular complexity index is 1070. The first-order chi connectivity index (χ1) is 15.1. The minimum Gasteiger partial charge on any atom is -0.356 e. The summed E-state index contributed by atoms with van der Waals surface area (Å²) in [4.78, 5) is 23.7. The Morgan fingerprint density at radius 3 is 2.48 bits per heavy atom. The average Bonchev–Trinajstić information content (AvgIpc) is 3.57. The molecule has 5 heteroatoms. The van der Waals surface area contributed by atoms with Crippen molar-refractivity contribution in [3.63, 3.8) is 0 Å². The van der Waals surface area contributed by atoms with Crippen molar-refractivity contribution in [3.8, 4) is 0 Å². The molecule has 0 spiro atoms. The van der Waals surface area contributed by atoms with E-state index in [1.54, 1.807) is 0 Å². The number of rotatable bonds is 8. The molecule has 3 aromatic carbocycles. The van der Waals surface area contributed by atoms with Gasteiger partial charge in [0.15, 0.2) is 0 Å². The van der Waals surface area contributed by atoms with Crippen molar-refractivity contribution < 1.29 is 9.59 Å². The quantitative estimate of drug-likeness (QED) is 0.495. The van der Waals surface area contributed by atoms with Crippen LogP contribution in [0.5, 0.6) is 0 Å². The third-order valence-corrected chi connectivity index (χ3v) is 5.64. The maximum absolute atomic E-state index is 12.4. The van der Waals surface area contributed by atoms with Crippen molar-refractivity contribution in [2.45, 2.75) is 39.2 Å². The molecule has 0 bridgehead atoms. The van der Waals surface area contributed by atoms with Gasteiger partial charge in [0.1, 0.15) is 0 Å². The van der Waals surface area contributed by atoms with Gasteiger partial charge in [-0.3, -0.25) is 4.79 Å². The predicted octanol–water partition coefficient (Wildman–Crippen LogP) is 4.79. The molecule has 0 atom stereocenters. The monoisotopic (exact) mass is 415 g/mol. The third kappa shape index (κ3) is 6.07. The number of benzene rings is 3. The lowest BCUT2D eigenvalue weighted by Gasteiger charge is -2.13. The van der Waals surface area contributed by atoms with E-state index in [9.17, 15) is 9.59 Å². The van der Waals surface area contributed by atoms with E-state index in [2.05, 4.69) is 34.1 Å². The summed E-state index contributed by atoms with van der Waals surface area (Å²) < 4.78 is 0. The summed E-state index contributed by atoms with van der Waals surface area (Å²) in [5.74, 6) is 0.797. The molecular formula is C26H29N3O2. The molecule has 0 aromatic heterocycles. The van der Waals surface area contributed by atoms with Gasteiger partial charge in [0.2, 0.25) is 5.91 Å². The van der Waals surface area contributed by atoms with E-state index < -0.39 is 0 Å². The van der Waals surface area contributed by atoms with Crippen LogP contribution in [0.1, 0.15) is 36.5 Å². The van der Waals surface area contributed by atoms with E-state index in [4.69, 9.17) is 0 Å². The van der Waals surface area contributed by atoms with Gasteiger partial charge in [0, 0.05) is 25.7 Å². The molecule has 3 amide bonds. The lowest BCUT2D eigenvalue weighted by Crippen LogP contribution is -2.28. The molecule has 0 radical (unpaired) electrons. The van der Waals surface area contributed by atoms with Crippen LogP contribution in [-0.4, -0.2) is 18.5 Å². The smallest absolute Gasteiger partial charge is 0.319 e. The Kier molecular flexibility index (Phi) is 6.51. The first-order valence-corrected chi connectivity index (χ1v) is 11.0. The van der Waals surface area contributed by atoms with Gasteiger partial charge in [0.25, 0.3) is 0 Å². The fraction of sp³-hybridized carbons (Fsp3) is 0.308. The molecule has 0 unspecified atom stereocenters. The van der Waals surface area contributed by atoms with Crippen molar-refractivity contribution in [1.82, 2.24) is 10.6 Å². The highest BCUT2D eigenvalue weighted by atomic mass is 16.2. The molecule has 0 heterocycles. The first-order valence-electron chi connectivity index (χ1n) is 11.0. The van der Waals surface area contributed by atoms with Crippen LogP contribution in [0.3, 0.4) is 0 Å². The molecule has 4 rings (SSSR count). The fourth-order valence-electron chi connectivity index (χ4n) is 3.89. The lowest BCUT2D eigenvalue weighted by molar-refractivity contribution is -0.118. The van der Waals surface area contributed by atoms with Gasteiger partial charge in [-0.2, -0.15) is 0 Å². The average molecular weight is 416 g/mol. The molecule has 3 aromatic rings. The molecule has 0 saturated heterocycles. The number of nitrogens with one attached hydrogen (secondary N) is 3. The minimum atomic E-state index is -0.228. The van der Waals surface area contributed by atoms with Gasteiger partial charge >= 0.3 is 6.03 Å². The second kappa shape index (κ2) is 9.65. The molecule has 1 aliphatic carbocycles. The summed E-state index contributed by atoms with van der Waals surface area (Å²) in [6.45, 7) is 2.62. The summed E-state index contributed by atoms with van der Waals surface area (Å²) in [6.07, 6.45) is 4.52. The number of carbonyl (C=O) groups is 2. The molecule has 0 aliphatic heterocycles. The standard InChI is InChI=1S/C26H29N3O2/c1-18(30)27-12-11-23-15-21(13-19-7-8-19)14-22-9-10-24(16-25(22)23)29-26(31)28-17-20-5-3-2-4-6-20/h2-6,9-10,14-16,19H,7-8,11-13,17H2,1H3,(H,27,30)(H2,28,29,31). The lowest BCUT2D eigenvalue weighted by atomic mass is 9.96. The maximum atomic E-state index is 12.4. The molecule has 3 N–H and O–H groups in total. The van der Waals surface area contributed by atoms with Gasteiger partial charge in [-0.1, -0.05) is 48.5 Å². The van der Waals surface area contributed by atoms with Crippen LogP contribution in [0.25, 0.3) is 10.8 Å². The van der Waals surface area contributed by atoms with Gasteiger partial charge < -0.3 is 16.0 Å². The summed E-state index contributed by atoms with van der Waals surface area (Å²) in [5.41, 5.74) is 4.37. The maximum Gasteiger partial charge on any atom is 0.319 e. The Morgan fingerprint density at radius 1 is 0.935 bits per heavy atom. The van der Waals surface area contributed by atoms with Crippen molar-refractivity contribution in [2.24, 2.45) is 5.92 Å². The highest BCUT2D eigenvalue weighted by Crippen LogP contribution is 2.34. The number of fused-ring (bicyclic) bond motifs is 1. The van der Waals surface area contributed by atoms with E-state index in [-0.39, 0.29) is 11.9 Å². The SMILES string of the molecule is CC(=O)NCCc1cc(CC2CC2)cc2ccc(NC(=O)NCc3ccccc3)cc12. The molecule has 5 nitrogen and oxygen atoms in total. The number of anilines is 1. The Hall–Kier alpha value is -3.34. The summed E-state index contributed by atoms with van der Waals surface area (Å²) in [6, 6.07) is 20.2. The zero-order valence-electron chi connectivity index (χ0n) is 17.9. The Balaban J connectivity index is 1.49. The highest BCUT2D eigenvalue weighted by molar-refractivity contribution is 5.95. The second-order valence-corrected chi connectivity index (χ2v) is 8.36. The van der Waals surface area contributed by atoms with Crippen molar-refractivity contribution in [3.05, 3.63) is 77.4 Å². The van der Waals surface area contributed by atoms with E-state index in [0.29, 0.717) is 13.1 Å². The van der Waals surface area contributed by atoms with Gasteiger partial charge in [-0.15, -0.1) is 0 Å². The summed E-state index contributed by atoms with van der Waals surface area (Å²) in [7, 11) is 0. The van der Waals surface area contributed by atoms with Crippen LogP contribution < -0.4 is 16.0 Å². The zero-order valence-corrected chi connectivity index (χ0v) is 17.9. The normalized spacial score (nSPS) is 13.1. The Morgan fingerprint density at radius 2 is 1.74 bits per heavy atom. The van der Waals surface area contributed by atoms with Gasteiger partial charge in [-0.05, 0) is 71.2 Å². The third-order valence-electron chi connectivity index (χ3n) is 5.64. The molecular weight excluding hydrogens is 386 g/mol. The van der Waals surface area contributed by atoms with Crippen LogP contribution >= 0.6 is 0 Å². The number of urea groups is 1. The van der Waals surface area contributed by atoms with Crippen LogP contribution in [0.15, 0.2) is 60.7 Å². The number of hydrogen-bond donors (Lipinski definition) is 3. The highest BCUT2D eigenvalue weighted by Gasteiger charge is 2.22. The molecule has 160 valence electrons. The fourth-order valence-corrected chi connectivity index (χ4v) is 3.89. The first kappa shape index (κ1) is 20.9. The van der Waals surface area contributed by atoms with Gasteiger partial charge in [-0.25, -0.2) is 4.79 Å².